The zero-order valence-electron chi connectivity index (χ0n) is 11.5. The molecule has 0 atom stereocenters. The van der Waals surface area contributed by atoms with Crippen LogP contribution in [0.25, 0.3) is 0 Å². The van der Waals surface area contributed by atoms with Gasteiger partial charge < -0.3 is 9.47 Å². The van der Waals surface area contributed by atoms with Gasteiger partial charge in [0.2, 0.25) is 10.0 Å². The third-order valence-electron chi connectivity index (χ3n) is 2.36. The fraction of sp³-hybridized carbons (Fsp3) is 0.538. The minimum atomic E-state index is -3.52. The number of benzene rings is 1. The molecule has 108 valence electrons. The molecule has 0 fully saturated rings. The van der Waals surface area contributed by atoms with E-state index >= 15 is 0 Å². The lowest BCUT2D eigenvalue weighted by Gasteiger charge is -2.24. The Kier molecular flexibility index (Phi) is 5.20. The Hall–Kier alpha value is -1.27. The van der Waals surface area contributed by atoms with Gasteiger partial charge in [0.15, 0.2) is 11.5 Å². The number of sulfonamides is 1. The fourth-order valence-corrected chi connectivity index (χ4v) is 2.88. The molecule has 0 spiro atoms. The number of hydrogen-bond donors (Lipinski definition) is 1. The third-order valence-corrected chi connectivity index (χ3v) is 3.54. The molecule has 0 aromatic heterocycles. The Morgan fingerprint density at radius 2 is 1.68 bits per heavy atom. The van der Waals surface area contributed by atoms with Gasteiger partial charge in [0.1, 0.15) is 0 Å². The van der Waals surface area contributed by atoms with Gasteiger partial charge in [-0.3, -0.25) is 0 Å². The van der Waals surface area contributed by atoms with Gasteiger partial charge in [0, 0.05) is 5.41 Å². The Labute approximate surface area is 114 Å². The molecule has 19 heavy (non-hydrogen) atoms. The predicted octanol–water partition coefficient (Wildman–Crippen LogP) is 1.78. The van der Waals surface area contributed by atoms with Crippen LogP contribution >= 0.6 is 0 Å². The Bertz CT molecular complexity index is 511. The van der Waals surface area contributed by atoms with Crippen molar-refractivity contribution in [3.05, 3.63) is 24.3 Å². The average molecular weight is 287 g/mol. The zero-order chi connectivity index (χ0) is 14.5. The van der Waals surface area contributed by atoms with E-state index in [9.17, 15) is 8.42 Å². The highest BCUT2D eigenvalue weighted by Crippen LogP contribution is 2.28. The Balaban J connectivity index is 2.71. The first-order valence-electron chi connectivity index (χ1n) is 6.08. The molecule has 0 heterocycles. The predicted molar refractivity (Wildman–Crippen MR) is 74.9 cm³/mol. The monoisotopic (exact) mass is 287 g/mol. The molecule has 0 aliphatic carbocycles. The van der Waals surface area contributed by atoms with E-state index in [-0.39, 0.29) is 12.4 Å². The van der Waals surface area contributed by atoms with Crippen molar-refractivity contribution in [3.8, 4) is 11.5 Å². The quantitative estimate of drug-likeness (QED) is 0.829. The van der Waals surface area contributed by atoms with Crippen LogP contribution in [0.4, 0.5) is 0 Å². The number of ether oxygens (including phenoxy) is 2. The molecule has 1 rings (SSSR count). The van der Waals surface area contributed by atoms with Crippen molar-refractivity contribution >= 4 is 10.0 Å². The summed E-state index contributed by atoms with van der Waals surface area (Å²) in [7, 11) is -3.52. The smallest absolute Gasteiger partial charge is 0.209 e. The molecule has 0 aliphatic rings. The van der Waals surface area contributed by atoms with Gasteiger partial charge in [0.05, 0.1) is 19.0 Å². The Morgan fingerprint density at radius 1 is 1.16 bits per heavy atom. The van der Waals surface area contributed by atoms with E-state index in [1.165, 1.54) is 0 Å². The summed E-state index contributed by atoms with van der Waals surface area (Å²) in [5.74, 6) is 1.12. The van der Waals surface area contributed by atoms with E-state index in [1.54, 1.807) is 19.9 Å². The molecular formula is C13H21NO4S. The average Bonchev–Trinajstić information content (AvgIpc) is 2.25. The number of hydrogen-bond acceptors (Lipinski definition) is 4. The van der Waals surface area contributed by atoms with E-state index in [4.69, 9.17) is 14.6 Å². The lowest BCUT2D eigenvalue weighted by molar-refractivity contribution is 0.190. The summed E-state index contributed by atoms with van der Waals surface area (Å²) in [5.41, 5.74) is -0.563. The molecular weight excluding hydrogens is 266 g/mol. The molecule has 0 saturated carbocycles. The number of para-hydroxylation sites is 2. The third kappa shape index (κ3) is 5.94. The van der Waals surface area contributed by atoms with Crippen LogP contribution in [0.2, 0.25) is 0 Å². The number of primary sulfonamides is 1. The lowest BCUT2D eigenvalue weighted by atomic mass is 9.98. The van der Waals surface area contributed by atoms with E-state index in [0.717, 1.165) is 0 Å². The van der Waals surface area contributed by atoms with Gasteiger partial charge in [-0.05, 0) is 19.1 Å². The van der Waals surface area contributed by atoms with E-state index in [1.807, 2.05) is 25.1 Å². The standard InChI is InChI=1S/C13H21NO4S/c1-4-17-11-7-5-6-8-12(11)18-9-13(2,3)10-19(14,15)16/h5-8H,4,9-10H2,1-3H3,(H2,14,15,16). The highest BCUT2D eigenvalue weighted by atomic mass is 32.2. The summed E-state index contributed by atoms with van der Waals surface area (Å²) >= 11 is 0. The molecule has 0 saturated heterocycles. The van der Waals surface area contributed by atoms with Crippen molar-refractivity contribution in [2.24, 2.45) is 10.6 Å². The van der Waals surface area contributed by atoms with Crippen LogP contribution in [-0.4, -0.2) is 27.4 Å². The number of rotatable bonds is 7. The van der Waals surface area contributed by atoms with Gasteiger partial charge >= 0.3 is 0 Å². The van der Waals surface area contributed by atoms with Gasteiger partial charge in [-0.25, -0.2) is 13.6 Å². The van der Waals surface area contributed by atoms with E-state index < -0.39 is 15.4 Å². The van der Waals surface area contributed by atoms with Gasteiger partial charge in [-0.15, -0.1) is 0 Å². The van der Waals surface area contributed by atoms with Crippen molar-refractivity contribution in [1.29, 1.82) is 0 Å². The molecule has 0 radical (unpaired) electrons. The maximum atomic E-state index is 11.1. The second-order valence-corrected chi connectivity index (χ2v) is 6.75. The topological polar surface area (TPSA) is 78.6 Å². The molecule has 1 aromatic carbocycles. The van der Waals surface area contributed by atoms with E-state index in [2.05, 4.69) is 0 Å². The molecule has 0 aliphatic heterocycles. The molecule has 2 N–H and O–H groups in total. The van der Waals surface area contributed by atoms with Crippen molar-refractivity contribution in [1.82, 2.24) is 0 Å². The molecule has 5 nitrogen and oxygen atoms in total. The lowest BCUT2D eigenvalue weighted by Crippen LogP contribution is -2.33. The van der Waals surface area contributed by atoms with Gasteiger partial charge in [-0.2, -0.15) is 0 Å². The SMILES string of the molecule is CCOc1ccccc1OCC(C)(C)CS(N)(=O)=O. The van der Waals surface area contributed by atoms with Crippen molar-refractivity contribution in [3.63, 3.8) is 0 Å². The second-order valence-electron chi connectivity index (χ2n) is 5.14. The zero-order valence-corrected chi connectivity index (χ0v) is 12.4. The normalized spacial score (nSPS) is 12.2. The van der Waals surface area contributed by atoms with Crippen LogP contribution in [0.15, 0.2) is 24.3 Å². The minimum Gasteiger partial charge on any atom is -0.490 e. The van der Waals surface area contributed by atoms with Crippen LogP contribution in [0.5, 0.6) is 11.5 Å². The highest BCUT2D eigenvalue weighted by Gasteiger charge is 2.25. The van der Waals surface area contributed by atoms with Crippen LogP contribution in [0.3, 0.4) is 0 Å². The van der Waals surface area contributed by atoms with Gasteiger partial charge in [0.25, 0.3) is 0 Å². The summed E-state index contributed by atoms with van der Waals surface area (Å²) in [5, 5.41) is 5.06. The van der Waals surface area contributed by atoms with Crippen LogP contribution in [-0.2, 0) is 10.0 Å². The summed E-state index contributed by atoms with van der Waals surface area (Å²) in [4.78, 5) is 0. The molecule has 6 heteroatoms. The molecule has 0 amide bonds. The van der Waals surface area contributed by atoms with Gasteiger partial charge in [-0.1, -0.05) is 26.0 Å². The van der Waals surface area contributed by atoms with E-state index in [0.29, 0.717) is 18.1 Å². The Morgan fingerprint density at radius 3 is 2.16 bits per heavy atom. The van der Waals surface area contributed by atoms with Crippen LogP contribution in [0.1, 0.15) is 20.8 Å². The maximum Gasteiger partial charge on any atom is 0.209 e. The van der Waals surface area contributed by atoms with Crippen molar-refractivity contribution < 1.29 is 17.9 Å². The maximum absolute atomic E-state index is 11.1. The molecule has 0 unspecified atom stereocenters. The van der Waals surface area contributed by atoms with Crippen LogP contribution in [0, 0.1) is 5.41 Å². The highest BCUT2D eigenvalue weighted by molar-refractivity contribution is 7.89. The molecule has 1 aromatic rings. The van der Waals surface area contributed by atoms with Crippen LogP contribution < -0.4 is 14.6 Å². The minimum absolute atomic E-state index is 0.128. The summed E-state index contributed by atoms with van der Waals surface area (Å²) in [6.07, 6.45) is 0. The summed E-state index contributed by atoms with van der Waals surface area (Å²) in [6.45, 7) is 6.26. The largest absolute Gasteiger partial charge is 0.490 e. The summed E-state index contributed by atoms with van der Waals surface area (Å²) in [6, 6.07) is 7.29. The molecule has 0 bridgehead atoms. The fourth-order valence-electron chi connectivity index (χ4n) is 1.70. The van der Waals surface area contributed by atoms with Crippen molar-refractivity contribution in [2.75, 3.05) is 19.0 Å². The second kappa shape index (κ2) is 6.25. The van der Waals surface area contributed by atoms with Crippen molar-refractivity contribution in [2.45, 2.75) is 20.8 Å². The summed E-state index contributed by atoms with van der Waals surface area (Å²) < 4.78 is 33.3. The first-order valence-corrected chi connectivity index (χ1v) is 7.80. The first-order chi connectivity index (χ1) is 8.73. The number of nitrogens with two attached hydrogens (primary N) is 1. The first kappa shape index (κ1) is 15.8.